The topological polar surface area (TPSA) is 70.7 Å². The van der Waals surface area contributed by atoms with E-state index in [1.54, 1.807) is 24.3 Å². The lowest BCUT2D eigenvalue weighted by molar-refractivity contribution is -0.125. The van der Waals surface area contributed by atoms with Gasteiger partial charge < -0.3 is 20.3 Å². The number of nitrogens with zero attached hydrogens (tertiary/aromatic N) is 1. The number of benzene rings is 2. The number of hydrogen-bond acceptors (Lipinski definition) is 4. The fraction of sp³-hybridized carbons (Fsp3) is 0.333. The van der Waals surface area contributed by atoms with E-state index >= 15 is 0 Å². The van der Waals surface area contributed by atoms with Crippen molar-refractivity contribution in [3.63, 3.8) is 0 Å². The first-order valence-corrected chi connectivity index (χ1v) is 9.09. The second-order valence-corrected chi connectivity index (χ2v) is 6.97. The molecule has 0 aromatic heterocycles. The third kappa shape index (κ3) is 5.56. The zero-order valence-electron chi connectivity index (χ0n) is 15.6. The highest BCUT2D eigenvalue weighted by molar-refractivity contribution is 5.99. The highest BCUT2D eigenvalue weighted by Crippen LogP contribution is 2.39. The van der Waals surface area contributed by atoms with Gasteiger partial charge in [-0.1, -0.05) is 18.2 Å². The van der Waals surface area contributed by atoms with Crippen LogP contribution < -0.4 is 15.4 Å². The maximum Gasteiger partial charge on any atom is 0.228 e. The monoisotopic (exact) mass is 367 g/mol. The predicted octanol–water partition coefficient (Wildman–Crippen LogP) is 2.73. The Balaban J connectivity index is 1.45. The molecule has 0 saturated heterocycles. The first kappa shape index (κ1) is 18.9. The molecule has 3 rings (SSSR count). The van der Waals surface area contributed by atoms with Crippen molar-refractivity contribution in [2.24, 2.45) is 11.8 Å². The summed E-state index contributed by atoms with van der Waals surface area (Å²) in [5.41, 5.74) is 0.694. The highest BCUT2D eigenvalue weighted by atomic mass is 16.5. The van der Waals surface area contributed by atoms with Crippen LogP contribution in [0.25, 0.3) is 0 Å². The molecule has 1 fully saturated rings. The smallest absolute Gasteiger partial charge is 0.228 e. The molecular weight excluding hydrogens is 342 g/mol. The second-order valence-electron chi connectivity index (χ2n) is 6.97. The van der Waals surface area contributed by atoms with Crippen LogP contribution in [0.5, 0.6) is 11.5 Å². The van der Waals surface area contributed by atoms with E-state index in [0.717, 1.165) is 12.3 Å². The SMILES string of the molecule is CN(C)CCNC(=O)C1CC1C(=O)Nc1ccc(Oc2ccccc2)cc1. The van der Waals surface area contributed by atoms with E-state index in [-0.39, 0.29) is 23.7 Å². The third-order valence-corrected chi connectivity index (χ3v) is 4.42. The maximum absolute atomic E-state index is 12.3. The number of rotatable bonds is 8. The Kier molecular flexibility index (Phi) is 6.08. The number of nitrogens with one attached hydrogen (secondary N) is 2. The van der Waals surface area contributed by atoms with Crippen molar-refractivity contribution in [3.05, 3.63) is 54.6 Å². The summed E-state index contributed by atoms with van der Waals surface area (Å²) in [5.74, 6) is 0.847. The summed E-state index contributed by atoms with van der Waals surface area (Å²) in [6.45, 7) is 1.38. The summed E-state index contributed by atoms with van der Waals surface area (Å²) in [6.07, 6.45) is 0.606. The number of para-hydroxylation sites is 1. The number of hydrogen-bond donors (Lipinski definition) is 2. The molecule has 2 aromatic rings. The van der Waals surface area contributed by atoms with E-state index in [1.165, 1.54) is 0 Å². The molecule has 2 amide bonds. The molecule has 2 aromatic carbocycles. The minimum absolute atomic E-state index is 0.0383. The Morgan fingerprint density at radius 1 is 0.963 bits per heavy atom. The van der Waals surface area contributed by atoms with Crippen LogP contribution in [-0.2, 0) is 9.59 Å². The van der Waals surface area contributed by atoms with Crippen molar-refractivity contribution in [1.29, 1.82) is 0 Å². The zero-order chi connectivity index (χ0) is 19.2. The normalized spacial score (nSPS) is 18.0. The Morgan fingerprint density at radius 2 is 1.59 bits per heavy atom. The molecule has 0 spiro atoms. The summed E-state index contributed by atoms with van der Waals surface area (Å²) in [7, 11) is 3.91. The lowest BCUT2D eigenvalue weighted by Crippen LogP contribution is -2.33. The van der Waals surface area contributed by atoms with Crippen molar-refractivity contribution in [2.45, 2.75) is 6.42 Å². The van der Waals surface area contributed by atoms with Crippen LogP contribution in [0.4, 0.5) is 5.69 Å². The van der Waals surface area contributed by atoms with E-state index in [9.17, 15) is 9.59 Å². The van der Waals surface area contributed by atoms with Crippen LogP contribution in [0, 0.1) is 11.8 Å². The van der Waals surface area contributed by atoms with Crippen LogP contribution in [0.3, 0.4) is 0 Å². The average Bonchev–Trinajstić information content (AvgIpc) is 3.45. The van der Waals surface area contributed by atoms with Gasteiger partial charge >= 0.3 is 0 Å². The molecule has 2 N–H and O–H groups in total. The highest BCUT2D eigenvalue weighted by Gasteiger charge is 2.47. The average molecular weight is 367 g/mol. The number of likely N-dealkylation sites (N-methyl/N-ethyl adjacent to an activating group) is 1. The number of carbonyl (C=O) groups is 2. The molecule has 2 unspecified atom stereocenters. The molecule has 6 nitrogen and oxygen atoms in total. The maximum atomic E-state index is 12.3. The van der Waals surface area contributed by atoms with Crippen LogP contribution in [0.1, 0.15) is 6.42 Å². The lowest BCUT2D eigenvalue weighted by Gasteiger charge is -2.10. The van der Waals surface area contributed by atoms with Gasteiger partial charge in [0.2, 0.25) is 11.8 Å². The van der Waals surface area contributed by atoms with Gasteiger partial charge in [0.25, 0.3) is 0 Å². The van der Waals surface area contributed by atoms with Crippen molar-refractivity contribution >= 4 is 17.5 Å². The van der Waals surface area contributed by atoms with Crippen LogP contribution in [-0.4, -0.2) is 43.9 Å². The van der Waals surface area contributed by atoms with E-state index < -0.39 is 0 Å². The van der Waals surface area contributed by atoms with E-state index in [0.29, 0.717) is 24.4 Å². The predicted molar refractivity (Wildman–Crippen MR) is 105 cm³/mol. The van der Waals surface area contributed by atoms with Gasteiger partial charge in [-0.3, -0.25) is 9.59 Å². The van der Waals surface area contributed by atoms with Crippen molar-refractivity contribution in [3.8, 4) is 11.5 Å². The van der Waals surface area contributed by atoms with Gasteiger partial charge in [-0.05, 0) is 56.9 Å². The molecule has 0 bridgehead atoms. The molecule has 1 aliphatic carbocycles. The first-order valence-electron chi connectivity index (χ1n) is 9.09. The van der Waals surface area contributed by atoms with Crippen LogP contribution in [0.15, 0.2) is 54.6 Å². The quantitative estimate of drug-likeness (QED) is 0.753. The Morgan fingerprint density at radius 3 is 2.26 bits per heavy atom. The fourth-order valence-corrected chi connectivity index (χ4v) is 2.77. The summed E-state index contributed by atoms with van der Waals surface area (Å²) in [5, 5.41) is 5.75. The van der Waals surface area contributed by atoms with Crippen LogP contribution in [0.2, 0.25) is 0 Å². The number of amides is 2. The second kappa shape index (κ2) is 8.68. The van der Waals surface area contributed by atoms with Gasteiger partial charge in [0.1, 0.15) is 11.5 Å². The third-order valence-electron chi connectivity index (χ3n) is 4.42. The molecule has 2 atom stereocenters. The number of ether oxygens (including phenoxy) is 1. The molecule has 1 saturated carbocycles. The molecule has 27 heavy (non-hydrogen) atoms. The summed E-state index contributed by atoms with van der Waals surface area (Å²) < 4.78 is 5.73. The van der Waals surface area contributed by atoms with Crippen molar-refractivity contribution < 1.29 is 14.3 Å². The largest absolute Gasteiger partial charge is 0.457 e. The van der Waals surface area contributed by atoms with E-state index in [4.69, 9.17) is 4.74 Å². The Labute approximate surface area is 159 Å². The molecule has 0 aliphatic heterocycles. The van der Waals surface area contributed by atoms with Gasteiger partial charge in [0.15, 0.2) is 0 Å². The van der Waals surface area contributed by atoms with Crippen molar-refractivity contribution in [2.75, 3.05) is 32.5 Å². The van der Waals surface area contributed by atoms with Gasteiger partial charge in [-0.25, -0.2) is 0 Å². The summed E-state index contributed by atoms with van der Waals surface area (Å²) >= 11 is 0. The fourth-order valence-electron chi connectivity index (χ4n) is 2.77. The summed E-state index contributed by atoms with van der Waals surface area (Å²) in [6, 6.07) is 16.7. The first-order chi connectivity index (χ1) is 13.0. The molecule has 0 heterocycles. The van der Waals surface area contributed by atoms with Gasteiger partial charge in [-0.15, -0.1) is 0 Å². The summed E-state index contributed by atoms with van der Waals surface area (Å²) in [4.78, 5) is 26.4. The van der Waals surface area contributed by atoms with E-state index in [2.05, 4.69) is 10.6 Å². The molecular formula is C21H25N3O3. The Hall–Kier alpha value is -2.86. The van der Waals surface area contributed by atoms with Gasteiger partial charge in [0.05, 0.1) is 11.8 Å². The molecule has 142 valence electrons. The van der Waals surface area contributed by atoms with Crippen molar-refractivity contribution in [1.82, 2.24) is 10.2 Å². The zero-order valence-corrected chi connectivity index (χ0v) is 15.6. The number of anilines is 1. The molecule has 1 aliphatic rings. The molecule has 6 heteroatoms. The van der Waals surface area contributed by atoms with E-state index in [1.807, 2.05) is 49.3 Å². The lowest BCUT2D eigenvalue weighted by atomic mass is 10.2. The molecule has 0 radical (unpaired) electrons. The van der Waals surface area contributed by atoms with Crippen LogP contribution >= 0.6 is 0 Å². The van der Waals surface area contributed by atoms with Gasteiger partial charge in [0, 0.05) is 18.8 Å². The van der Waals surface area contributed by atoms with Gasteiger partial charge in [-0.2, -0.15) is 0 Å². The minimum atomic E-state index is -0.246. The Bertz CT molecular complexity index is 775. The minimum Gasteiger partial charge on any atom is -0.457 e. The standard InChI is InChI=1S/C21H25N3O3/c1-24(2)13-12-22-20(25)18-14-19(18)21(26)23-15-8-10-17(11-9-15)27-16-6-4-3-5-7-16/h3-11,18-19H,12-14H2,1-2H3,(H,22,25)(H,23,26). The number of carbonyl (C=O) groups excluding carboxylic acids is 2.